The van der Waals surface area contributed by atoms with Crippen LogP contribution in [-0.4, -0.2) is 7.11 Å². The summed E-state index contributed by atoms with van der Waals surface area (Å²) in [7, 11) is 1.77. The Morgan fingerprint density at radius 3 is 2.10 bits per heavy atom. The molecular formula is C20H27O. The summed E-state index contributed by atoms with van der Waals surface area (Å²) >= 11 is 0. The first-order valence-corrected chi connectivity index (χ1v) is 7.65. The molecule has 1 aliphatic carbocycles. The Balaban J connectivity index is 2.76. The molecule has 0 aliphatic heterocycles. The lowest BCUT2D eigenvalue weighted by Crippen LogP contribution is -2.18. The normalized spacial score (nSPS) is 15.3. The highest BCUT2D eigenvalue weighted by molar-refractivity contribution is 5.80. The van der Waals surface area contributed by atoms with Crippen LogP contribution in [0.4, 0.5) is 0 Å². The molecule has 0 saturated carbocycles. The Morgan fingerprint density at radius 2 is 1.67 bits per heavy atom. The van der Waals surface area contributed by atoms with Gasteiger partial charge >= 0.3 is 0 Å². The van der Waals surface area contributed by atoms with Crippen molar-refractivity contribution >= 4 is 5.57 Å². The summed E-state index contributed by atoms with van der Waals surface area (Å²) in [6, 6.07) is 4.58. The molecule has 1 heteroatoms. The number of allylic oxidation sites excluding steroid dienone is 4. The summed E-state index contributed by atoms with van der Waals surface area (Å²) in [5.41, 5.74) is 5.10. The van der Waals surface area contributed by atoms with Crippen LogP contribution in [0.3, 0.4) is 0 Å². The van der Waals surface area contributed by atoms with E-state index >= 15 is 0 Å². The predicted octanol–water partition coefficient (Wildman–Crippen LogP) is 5.44. The van der Waals surface area contributed by atoms with Gasteiger partial charge in [0.15, 0.2) is 0 Å². The second kappa shape index (κ2) is 5.36. The first-order valence-electron chi connectivity index (χ1n) is 7.65. The van der Waals surface area contributed by atoms with E-state index < -0.39 is 0 Å². The Morgan fingerprint density at radius 1 is 1.00 bits per heavy atom. The topological polar surface area (TPSA) is 9.23 Å². The van der Waals surface area contributed by atoms with Crippen molar-refractivity contribution in [2.24, 2.45) is 0 Å². The number of methoxy groups -OCH3 is 1. The van der Waals surface area contributed by atoms with Crippen molar-refractivity contribution in [1.82, 2.24) is 0 Å². The van der Waals surface area contributed by atoms with E-state index in [9.17, 15) is 0 Å². The zero-order chi connectivity index (χ0) is 15.8. The SMILES string of the molecule is COc1c(C2=[C]CC=C2)cc(C(C)(C)C)cc1C(C)(C)C. The lowest BCUT2D eigenvalue weighted by atomic mass is 9.78. The van der Waals surface area contributed by atoms with Crippen molar-refractivity contribution in [3.8, 4) is 5.75 Å². The van der Waals surface area contributed by atoms with Crippen molar-refractivity contribution in [3.63, 3.8) is 0 Å². The molecule has 0 spiro atoms. The molecule has 0 amide bonds. The highest BCUT2D eigenvalue weighted by Gasteiger charge is 2.26. The van der Waals surface area contributed by atoms with Gasteiger partial charge in [-0.15, -0.1) is 0 Å². The van der Waals surface area contributed by atoms with E-state index in [1.165, 1.54) is 16.7 Å². The molecule has 0 unspecified atom stereocenters. The Hall–Kier alpha value is -1.50. The molecule has 1 nitrogen and oxygen atoms in total. The van der Waals surface area contributed by atoms with E-state index in [0.29, 0.717) is 0 Å². The first kappa shape index (κ1) is 15.9. The molecular weight excluding hydrogens is 256 g/mol. The van der Waals surface area contributed by atoms with Crippen LogP contribution in [0.25, 0.3) is 5.57 Å². The summed E-state index contributed by atoms with van der Waals surface area (Å²) in [6.07, 6.45) is 8.62. The maximum Gasteiger partial charge on any atom is 0.130 e. The van der Waals surface area contributed by atoms with E-state index in [4.69, 9.17) is 4.74 Å². The predicted molar refractivity (Wildman–Crippen MR) is 90.8 cm³/mol. The molecule has 0 heterocycles. The van der Waals surface area contributed by atoms with Gasteiger partial charge in [-0.1, -0.05) is 59.8 Å². The quantitative estimate of drug-likeness (QED) is 0.702. The number of benzene rings is 1. The number of hydrogen-bond donors (Lipinski definition) is 0. The minimum Gasteiger partial charge on any atom is -0.496 e. The number of ether oxygens (including phenoxy) is 1. The van der Waals surface area contributed by atoms with Crippen LogP contribution in [-0.2, 0) is 10.8 Å². The summed E-state index contributed by atoms with van der Waals surface area (Å²) in [5, 5.41) is 0. The molecule has 1 aromatic rings. The van der Waals surface area contributed by atoms with Gasteiger partial charge < -0.3 is 4.74 Å². The van der Waals surface area contributed by atoms with Crippen LogP contribution < -0.4 is 4.74 Å². The standard InChI is InChI=1S/C20H27O/c1-19(2,3)15-12-16(14-10-8-9-11-14)18(21-7)17(13-15)20(4,5)6/h8,10,12-13H,9H2,1-7H3. The van der Waals surface area contributed by atoms with E-state index in [2.05, 4.69) is 71.9 Å². The second-order valence-corrected chi connectivity index (χ2v) is 7.80. The monoisotopic (exact) mass is 283 g/mol. The molecule has 1 aromatic carbocycles. The molecule has 113 valence electrons. The van der Waals surface area contributed by atoms with Gasteiger partial charge in [-0.3, -0.25) is 0 Å². The van der Waals surface area contributed by atoms with Crippen LogP contribution in [0.15, 0.2) is 24.3 Å². The van der Waals surface area contributed by atoms with Gasteiger partial charge in [0.2, 0.25) is 0 Å². The molecule has 0 N–H and O–H groups in total. The third-order valence-electron chi connectivity index (χ3n) is 3.95. The summed E-state index contributed by atoms with van der Waals surface area (Å²) in [4.78, 5) is 0. The highest BCUT2D eigenvalue weighted by Crippen LogP contribution is 2.41. The molecule has 0 saturated heterocycles. The molecule has 21 heavy (non-hydrogen) atoms. The van der Waals surface area contributed by atoms with Crippen molar-refractivity contribution in [3.05, 3.63) is 47.1 Å². The zero-order valence-electron chi connectivity index (χ0n) is 14.4. The van der Waals surface area contributed by atoms with Crippen molar-refractivity contribution in [1.29, 1.82) is 0 Å². The largest absolute Gasteiger partial charge is 0.496 e. The van der Waals surface area contributed by atoms with Crippen LogP contribution in [0.5, 0.6) is 5.75 Å². The van der Waals surface area contributed by atoms with Crippen LogP contribution in [0.1, 0.15) is 64.7 Å². The molecule has 0 bridgehead atoms. The smallest absolute Gasteiger partial charge is 0.130 e. The Bertz CT molecular complexity index is 589. The second-order valence-electron chi connectivity index (χ2n) is 7.80. The van der Waals surface area contributed by atoms with E-state index in [0.717, 1.165) is 17.7 Å². The maximum absolute atomic E-state index is 5.79. The molecule has 0 aromatic heterocycles. The molecule has 1 aliphatic rings. The lowest BCUT2D eigenvalue weighted by Gasteiger charge is -2.29. The van der Waals surface area contributed by atoms with E-state index in [-0.39, 0.29) is 10.8 Å². The highest BCUT2D eigenvalue weighted by atomic mass is 16.5. The Kier molecular flexibility index (Phi) is 4.06. The van der Waals surface area contributed by atoms with Gasteiger partial charge in [0, 0.05) is 11.1 Å². The van der Waals surface area contributed by atoms with Crippen molar-refractivity contribution in [2.75, 3.05) is 7.11 Å². The first-order chi connectivity index (χ1) is 9.64. The van der Waals surface area contributed by atoms with Crippen LogP contribution in [0.2, 0.25) is 0 Å². The third-order valence-corrected chi connectivity index (χ3v) is 3.95. The van der Waals surface area contributed by atoms with Gasteiger partial charge in [-0.05, 0) is 40.5 Å². The van der Waals surface area contributed by atoms with Gasteiger partial charge in [0.25, 0.3) is 0 Å². The van der Waals surface area contributed by atoms with Crippen molar-refractivity contribution < 1.29 is 4.74 Å². The fourth-order valence-electron chi connectivity index (χ4n) is 2.63. The number of rotatable bonds is 2. The molecule has 2 rings (SSSR count). The van der Waals surface area contributed by atoms with Gasteiger partial charge in [-0.25, -0.2) is 0 Å². The molecule has 0 atom stereocenters. The molecule has 1 radical (unpaired) electrons. The van der Waals surface area contributed by atoms with E-state index in [1.54, 1.807) is 7.11 Å². The Labute approximate surface area is 129 Å². The fourth-order valence-corrected chi connectivity index (χ4v) is 2.63. The van der Waals surface area contributed by atoms with E-state index in [1.807, 2.05) is 0 Å². The minimum atomic E-state index is 0.0459. The molecule has 0 fully saturated rings. The van der Waals surface area contributed by atoms with Crippen LogP contribution in [0, 0.1) is 6.08 Å². The zero-order valence-corrected chi connectivity index (χ0v) is 14.4. The summed E-state index contributed by atoms with van der Waals surface area (Å²) in [6.45, 7) is 13.5. The van der Waals surface area contributed by atoms with Crippen LogP contribution >= 0.6 is 0 Å². The number of hydrogen-bond acceptors (Lipinski definition) is 1. The van der Waals surface area contributed by atoms with Gasteiger partial charge in [0.1, 0.15) is 5.75 Å². The summed E-state index contributed by atoms with van der Waals surface area (Å²) < 4.78 is 5.79. The average molecular weight is 283 g/mol. The lowest BCUT2D eigenvalue weighted by molar-refractivity contribution is 0.395. The van der Waals surface area contributed by atoms with Gasteiger partial charge in [0.05, 0.1) is 7.11 Å². The maximum atomic E-state index is 5.79. The minimum absolute atomic E-state index is 0.0459. The van der Waals surface area contributed by atoms with Crippen molar-refractivity contribution in [2.45, 2.75) is 58.8 Å². The third kappa shape index (κ3) is 3.23. The average Bonchev–Trinajstić information content (AvgIpc) is 2.88. The van der Waals surface area contributed by atoms with Gasteiger partial charge in [-0.2, -0.15) is 0 Å². The fraction of sp³-hybridized carbons (Fsp3) is 0.500. The summed E-state index contributed by atoms with van der Waals surface area (Å²) in [5.74, 6) is 0.990.